The number of hydrogen-bond donors (Lipinski definition) is 2. The Morgan fingerprint density at radius 1 is 1.32 bits per heavy atom. The van der Waals surface area contributed by atoms with Crippen LogP contribution in [0.4, 0.5) is 0 Å². The van der Waals surface area contributed by atoms with Crippen molar-refractivity contribution in [3.05, 3.63) is 29.8 Å². The van der Waals surface area contributed by atoms with Crippen LogP contribution in [-0.2, 0) is 4.79 Å². The van der Waals surface area contributed by atoms with Gasteiger partial charge >= 0.3 is 0 Å². The van der Waals surface area contributed by atoms with Gasteiger partial charge in [-0.05, 0) is 50.3 Å². The smallest absolute Gasteiger partial charge is 0.234 e. The van der Waals surface area contributed by atoms with E-state index in [0.29, 0.717) is 12.6 Å². The second-order valence-corrected chi connectivity index (χ2v) is 7.89. The molecule has 0 spiro atoms. The third kappa shape index (κ3) is 5.19. The molecular formula is C20H32N2O3. The van der Waals surface area contributed by atoms with Gasteiger partial charge in [0.15, 0.2) is 0 Å². The Morgan fingerprint density at radius 2 is 1.92 bits per heavy atom. The van der Waals surface area contributed by atoms with Gasteiger partial charge in [0, 0.05) is 11.6 Å². The van der Waals surface area contributed by atoms with E-state index in [4.69, 9.17) is 4.74 Å². The van der Waals surface area contributed by atoms with Crippen LogP contribution < -0.4 is 10.1 Å². The molecule has 5 heteroatoms. The van der Waals surface area contributed by atoms with E-state index in [1.807, 2.05) is 38.1 Å². The van der Waals surface area contributed by atoms with Crippen LogP contribution >= 0.6 is 0 Å². The molecule has 1 atom stereocenters. The molecule has 1 fully saturated rings. The number of methoxy groups -OCH3 is 1. The summed E-state index contributed by atoms with van der Waals surface area (Å²) in [5, 5.41) is 12.8. The fourth-order valence-corrected chi connectivity index (χ4v) is 3.13. The molecule has 1 saturated carbocycles. The molecule has 1 aromatic carbocycles. The summed E-state index contributed by atoms with van der Waals surface area (Å²) in [6, 6.07) is 8.20. The first-order valence-corrected chi connectivity index (χ1v) is 9.09. The van der Waals surface area contributed by atoms with E-state index in [1.165, 1.54) is 0 Å². The molecule has 5 nitrogen and oxygen atoms in total. The van der Waals surface area contributed by atoms with Crippen LogP contribution in [0.1, 0.15) is 52.1 Å². The number of nitrogens with one attached hydrogen (secondary N) is 1. The van der Waals surface area contributed by atoms with Crippen molar-refractivity contribution < 1.29 is 14.6 Å². The molecule has 1 amide bonds. The molecular weight excluding hydrogens is 316 g/mol. The third-order valence-corrected chi connectivity index (χ3v) is 4.92. The predicted octanol–water partition coefficient (Wildman–Crippen LogP) is 2.74. The van der Waals surface area contributed by atoms with Crippen molar-refractivity contribution in [2.75, 3.05) is 20.3 Å². The van der Waals surface area contributed by atoms with Crippen LogP contribution in [0.25, 0.3) is 0 Å². The van der Waals surface area contributed by atoms with Gasteiger partial charge in [0.25, 0.3) is 0 Å². The highest BCUT2D eigenvalue weighted by molar-refractivity contribution is 5.78. The Hall–Kier alpha value is -1.59. The van der Waals surface area contributed by atoms with Crippen LogP contribution in [0.5, 0.6) is 5.75 Å². The lowest BCUT2D eigenvalue weighted by atomic mass is 9.95. The van der Waals surface area contributed by atoms with E-state index in [-0.39, 0.29) is 30.0 Å². The zero-order valence-electron chi connectivity index (χ0n) is 16.1. The highest BCUT2D eigenvalue weighted by Crippen LogP contribution is 2.32. The van der Waals surface area contributed by atoms with Gasteiger partial charge < -0.3 is 15.2 Å². The van der Waals surface area contributed by atoms with Gasteiger partial charge in [-0.15, -0.1) is 0 Å². The maximum atomic E-state index is 12.7. The first-order valence-electron chi connectivity index (χ1n) is 9.09. The van der Waals surface area contributed by atoms with Crippen LogP contribution in [0, 0.1) is 5.92 Å². The number of carbonyl (C=O) groups is 1. The van der Waals surface area contributed by atoms with Crippen molar-refractivity contribution in [1.82, 2.24) is 10.2 Å². The first-order chi connectivity index (χ1) is 11.8. The first kappa shape index (κ1) is 19.7. The van der Waals surface area contributed by atoms with Crippen molar-refractivity contribution >= 4 is 5.91 Å². The topological polar surface area (TPSA) is 61.8 Å². The van der Waals surface area contributed by atoms with E-state index >= 15 is 0 Å². The van der Waals surface area contributed by atoms with Crippen LogP contribution in [-0.4, -0.2) is 47.8 Å². The maximum absolute atomic E-state index is 12.7. The fourth-order valence-electron chi connectivity index (χ4n) is 3.13. The molecule has 2 N–H and O–H groups in total. The summed E-state index contributed by atoms with van der Waals surface area (Å²) >= 11 is 0. The van der Waals surface area contributed by atoms with Crippen LogP contribution in [0.3, 0.4) is 0 Å². The molecule has 1 aromatic rings. The third-order valence-electron chi connectivity index (χ3n) is 4.92. The largest absolute Gasteiger partial charge is 0.497 e. The monoisotopic (exact) mass is 348 g/mol. The average molecular weight is 348 g/mol. The lowest BCUT2D eigenvalue weighted by molar-refractivity contribution is -0.125. The van der Waals surface area contributed by atoms with E-state index in [9.17, 15) is 9.90 Å². The Bertz CT molecular complexity index is 565. The Balaban J connectivity index is 2.06. The SMILES string of the molecule is COc1ccc(C(NC(=O)CN(C2CC2)C(C)(C)CO)C(C)C)cc1. The zero-order chi connectivity index (χ0) is 18.6. The van der Waals surface area contributed by atoms with Gasteiger partial charge in [0.1, 0.15) is 5.75 Å². The summed E-state index contributed by atoms with van der Waals surface area (Å²) < 4.78 is 5.21. The minimum atomic E-state index is -0.383. The number of carbonyl (C=O) groups excluding carboxylic acids is 1. The van der Waals surface area contributed by atoms with Gasteiger partial charge in [-0.2, -0.15) is 0 Å². The summed E-state index contributed by atoms with van der Waals surface area (Å²) in [6.07, 6.45) is 2.20. The van der Waals surface area contributed by atoms with Crippen molar-refractivity contribution in [3.8, 4) is 5.75 Å². The zero-order valence-corrected chi connectivity index (χ0v) is 16.1. The van der Waals surface area contributed by atoms with Gasteiger partial charge in [-0.25, -0.2) is 0 Å². The predicted molar refractivity (Wildman–Crippen MR) is 99.6 cm³/mol. The lowest BCUT2D eigenvalue weighted by Crippen LogP contribution is -2.52. The number of rotatable bonds is 9. The van der Waals surface area contributed by atoms with E-state index in [1.54, 1.807) is 7.11 Å². The van der Waals surface area contributed by atoms with Crippen molar-refractivity contribution in [1.29, 1.82) is 0 Å². The van der Waals surface area contributed by atoms with E-state index < -0.39 is 0 Å². The molecule has 0 saturated heterocycles. The summed E-state index contributed by atoms with van der Waals surface area (Å²) in [6.45, 7) is 8.54. The second kappa shape index (κ2) is 8.19. The molecule has 25 heavy (non-hydrogen) atoms. The van der Waals surface area contributed by atoms with Crippen molar-refractivity contribution in [3.63, 3.8) is 0 Å². The number of aliphatic hydroxyl groups excluding tert-OH is 1. The summed E-state index contributed by atoms with van der Waals surface area (Å²) in [7, 11) is 1.64. The molecule has 0 heterocycles. The Labute approximate surface area is 151 Å². The molecule has 0 bridgehead atoms. The average Bonchev–Trinajstić information content (AvgIpc) is 3.42. The minimum Gasteiger partial charge on any atom is -0.497 e. The Kier molecular flexibility index (Phi) is 6.47. The molecule has 1 aliphatic carbocycles. The molecule has 0 radical (unpaired) electrons. The minimum absolute atomic E-state index is 0.00273. The number of benzene rings is 1. The number of hydrogen-bond acceptors (Lipinski definition) is 4. The quantitative estimate of drug-likeness (QED) is 0.720. The van der Waals surface area contributed by atoms with Crippen LogP contribution in [0.2, 0.25) is 0 Å². The van der Waals surface area contributed by atoms with Gasteiger partial charge in [-0.1, -0.05) is 26.0 Å². The number of nitrogens with zero attached hydrogens (tertiary/aromatic N) is 1. The molecule has 1 aliphatic rings. The van der Waals surface area contributed by atoms with Gasteiger partial charge in [0.2, 0.25) is 5.91 Å². The highest BCUT2D eigenvalue weighted by atomic mass is 16.5. The summed E-state index contributed by atoms with van der Waals surface area (Å²) in [4.78, 5) is 14.8. The maximum Gasteiger partial charge on any atom is 0.234 e. The van der Waals surface area contributed by atoms with E-state index in [2.05, 4.69) is 24.1 Å². The standard InChI is InChI=1S/C20H32N2O3/c1-14(2)19(15-6-10-17(25-5)11-7-15)21-18(24)12-22(16-8-9-16)20(3,4)13-23/h6-7,10-11,14,16,19,23H,8-9,12-13H2,1-5H3,(H,21,24). The lowest BCUT2D eigenvalue weighted by Gasteiger charge is -2.37. The number of amides is 1. The van der Waals surface area contributed by atoms with Crippen LogP contribution in [0.15, 0.2) is 24.3 Å². The number of ether oxygens (including phenoxy) is 1. The van der Waals surface area contributed by atoms with Crippen molar-refractivity contribution in [2.45, 2.75) is 58.2 Å². The summed E-state index contributed by atoms with van der Waals surface area (Å²) in [5.74, 6) is 1.09. The number of aliphatic hydroxyl groups is 1. The molecule has 140 valence electrons. The normalized spacial score (nSPS) is 16.2. The van der Waals surface area contributed by atoms with Gasteiger partial charge in [0.05, 0.1) is 26.3 Å². The molecule has 1 unspecified atom stereocenters. The highest BCUT2D eigenvalue weighted by Gasteiger charge is 2.39. The fraction of sp³-hybridized carbons (Fsp3) is 0.650. The van der Waals surface area contributed by atoms with Crippen molar-refractivity contribution in [2.24, 2.45) is 5.92 Å². The molecule has 0 aromatic heterocycles. The molecule has 2 rings (SSSR count). The molecule has 0 aliphatic heterocycles. The second-order valence-electron chi connectivity index (χ2n) is 7.89. The van der Waals surface area contributed by atoms with E-state index in [0.717, 1.165) is 24.2 Å². The summed E-state index contributed by atoms with van der Waals surface area (Å²) in [5.41, 5.74) is 0.690. The Morgan fingerprint density at radius 3 is 2.36 bits per heavy atom. The van der Waals surface area contributed by atoms with Gasteiger partial charge in [-0.3, -0.25) is 9.69 Å².